The molecule has 0 spiro atoms. The molecule has 2 aliphatic rings. The van der Waals surface area contributed by atoms with Gasteiger partial charge in [-0.1, -0.05) is 49.6 Å². The van der Waals surface area contributed by atoms with Crippen LogP contribution < -0.4 is 0 Å². The monoisotopic (exact) mass is 273 g/mol. The summed E-state index contributed by atoms with van der Waals surface area (Å²) in [6, 6.07) is 10.4. The van der Waals surface area contributed by atoms with Crippen LogP contribution in [0.25, 0.3) is 0 Å². The fraction of sp³-hybridized carbons (Fsp3) is 0.667. The van der Waals surface area contributed by atoms with Crippen molar-refractivity contribution in [1.82, 2.24) is 4.90 Å². The number of likely N-dealkylation sites (tertiary alicyclic amines) is 1. The van der Waals surface area contributed by atoms with E-state index in [1.54, 1.807) is 0 Å². The van der Waals surface area contributed by atoms with Gasteiger partial charge in [-0.2, -0.15) is 0 Å². The summed E-state index contributed by atoms with van der Waals surface area (Å²) in [5.74, 6) is 0.394. The Bertz CT molecular complexity index is 413. The molecule has 1 saturated carbocycles. The second-order valence-electron chi connectivity index (χ2n) is 6.59. The summed E-state index contributed by atoms with van der Waals surface area (Å²) >= 11 is 0. The molecule has 2 atom stereocenters. The smallest absolute Gasteiger partial charge is 0.0936 e. The van der Waals surface area contributed by atoms with Crippen LogP contribution >= 0.6 is 0 Å². The molecule has 0 aromatic heterocycles. The minimum atomic E-state index is -0.611. The van der Waals surface area contributed by atoms with E-state index in [0.717, 1.165) is 24.9 Å². The number of rotatable bonds is 3. The Morgan fingerprint density at radius 3 is 2.50 bits per heavy atom. The minimum Gasteiger partial charge on any atom is -0.385 e. The summed E-state index contributed by atoms with van der Waals surface area (Å²) < 4.78 is 0. The average molecular weight is 273 g/mol. The SMILES string of the molecule is OC1(c2ccccc2)CCCCCC1CN1CCCC1. The van der Waals surface area contributed by atoms with E-state index in [-0.39, 0.29) is 0 Å². The second-order valence-corrected chi connectivity index (χ2v) is 6.59. The van der Waals surface area contributed by atoms with Crippen molar-refractivity contribution in [3.63, 3.8) is 0 Å². The molecule has 1 aromatic carbocycles. The highest BCUT2D eigenvalue weighted by Gasteiger charge is 2.39. The van der Waals surface area contributed by atoms with Crippen molar-refractivity contribution < 1.29 is 5.11 Å². The summed E-state index contributed by atoms with van der Waals surface area (Å²) in [6.07, 6.45) is 8.45. The molecule has 1 heterocycles. The largest absolute Gasteiger partial charge is 0.385 e. The summed E-state index contributed by atoms with van der Waals surface area (Å²) in [6.45, 7) is 3.52. The molecule has 110 valence electrons. The molecule has 2 unspecified atom stereocenters. The molecule has 1 aliphatic heterocycles. The Kier molecular flexibility index (Phi) is 4.42. The predicted octanol–water partition coefficient (Wildman–Crippen LogP) is 3.55. The van der Waals surface area contributed by atoms with Crippen LogP contribution in [-0.2, 0) is 5.60 Å². The lowest BCUT2D eigenvalue weighted by Gasteiger charge is -2.37. The summed E-state index contributed by atoms with van der Waals surface area (Å²) in [5, 5.41) is 11.4. The Hall–Kier alpha value is -0.860. The molecule has 1 N–H and O–H groups in total. The average Bonchev–Trinajstić information content (AvgIpc) is 2.92. The molecule has 3 rings (SSSR count). The van der Waals surface area contributed by atoms with Crippen molar-refractivity contribution in [2.24, 2.45) is 5.92 Å². The van der Waals surface area contributed by atoms with Gasteiger partial charge in [-0.3, -0.25) is 0 Å². The van der Waals surface area contributed by atoms with Crippen molar-refractivity contribution in [2.45, 2.75) is 50.5 Å². The van der Waals surface area contributed by atoms with Gasteiger partial charge in [0.15, 0.2) is 0 Å². The molecule has 0 radical (unpaired) electrons. The Morgan fingerprint density at radius 1 is 1.00 bits per heavy atom. The van der Waals surface area contributed by atoms with Gasteiger partial charge in [0.25, 0.3) is 0 Å². The molecule has 2 fully saturated rings. The lowest BCUT2D eigenvalue weighted by molar-refractivity contribution is -0.0410. The third kappa shape index (κ3) is 2.91. The van der Waals surface area contributed by atoms with Crippen LogP contribution in [0, 0.1) is 5.92 Å². The third-order valence-corrected chi connectivity index (χ3v) is 5.24. The number of hydrogen-bond acceptors (Lipinski definition) is 2. The summed E-state index contributed by atoms with van der Waals surface area (Å²) in [4.78, 5) is 2.56. The van der Waals surface area contributed by atoms with Crippen LogP contribution in [-0.4, -0.2) is 29.6 Å². The first-order valence-electron chi connectivity index (χ1n) is 8.29. The van der Waals surface area contributed by atoms with Gasteiger partial charge >= 0.3 is 0 Å². The second kappa shape index (κ2) is 6.28. The molecular formula is C18H27NO. The van der Waals surface area contributed by atoms with Crippen molar-refractivity contribution in [2.75, 3.05) is 19.6 Å². The molecule has 1 aromatic rings. The Labute approximate surface area is 122 Å². The first-order chi connectivity index (χ1) is 9.79. The fourth-order valence-electron chi connectivity index (χ4n) is 4.03. The van der Waals surface area contributed by atoms with Crippen LogP contribution in [0.2, 0.25) is 0 Å². The highest BCUT2D eigenvalue weighted by atomic mass is 16.3. The number of aliphatic hydroxyl groups is 1. The quantitative estimate of drug-likeness (QED) is 0.851. The van der Waals surface area contributed by atoms with Crippen molar-refractivity contribution in [3.8, 4) is 0 Å². The van der Waals surface area contributed by atoms with Gasteiger partial charge in [0.05, 0.1) is 5.60 Å². The van der Waals surface area contributed by atoms with E-state index >= 15 is 0 Å². The minimum absolute atomic E-state index is 0.394. The van der Waals surface area contributed by atoms with Gasteiger partial charge in [-0.15, -0.1) is 0 Å². The maximum absolute atomic E-state index is 11.4. The Morgan fingerprint density at radius 2 is 1.75 bits per heavy atom. The van der Waals surface area contributed by atoms with Crippen molar-refractivity contribution in [3.05, 3.63) is 35.9 Å². The standard InChI is InChI=1S/C18H27NO/c20-18(16-9-3-1-4-10-16)12-6-2-5-11-17(18)15-19-13-7-8-14-19/h1,3-4,9-10,17,20H,2,5-8,11-15H2. The van der Waals surface area contributed by atoms with Gasteiger partial charge < -0.3 is 10.0 Å². The molecule has 1 saturated heterocycles. The van der Waals surface area contributed by atoms with Crippen LogP contribution in [0.3, 0.4) is 0 Å². The van der Waals surface area contributed by atoms with Gasteiger partial charge in [0, 0.05) is 12.5 Å². The summed E-state index contributed by atoms with van der Waals surface area (Å²) in [5.41, 5.74) is 0.520. The highest BCUT2D eigenvalue weighted by molar-refractivity contribution is 5.23. The van der Waals surface area contributed by atoms with E-state index in [1.807, 2.05) is 6.07 Å². The number of benzene rings is 1. The van der Waals surface area contributed by atoms with Crippen LogP contribution in [0.15, 0.2) is 30.3 Å². The van der Waals surface area contributed by atoms with Gasteiger partial charge in [-0.05, 0) is 44.3 Å². The maximum atomic E-state index is 11.4. The third-order valence-electron chi connectivity index (χ3n) is 5.24. The van der Waals surface area contributed by atoms with Crippen LogP contribution in [0.4, 0.5) is 0 Å². The fourth-order valence-corrected chi connectivity index (χ4v) is 4.03. The number of hydrogen-bond donors (Lipinski definition) is 1. The van der Waals surface area contributed by atoms with Crippen molar-refractivity contribution in [1.29, 1.82) is 0 Å². The maximum Gasteiger partial charge on any atom is 0.0936 e. The molecule has 2 nitrogen and oxygen atoms in total. The lowest BCUT2D eigenvalue weighted by Crippen LogP contribution is -2.41. The first kappa shape index (κ1) is 14.1. The molecule has 2 heteroatoms. The van der Waals surface area contributed by atoms with Gasteiger partial charge in [0.2, 0.25) is 0 Å². The molecule has 0 bridgehead atoms. The topological polar surface area (TPSA) is 23.5 Å². The zero-order valence-electron chi connectivity index (χ0n) is 12.4. The van der Waals surface area contributed by atoms with E-state index < -0.39 is 5.60 Å². The van der Waals surface area contributed by atoms with Gasteiger partial charge in [-0.25, -0.2) is 0 Å². The van der Waals surface area contributed by atoms with Gasteiger partial charge in [0.1, 0.15) is 0 Å². The molecule has 0 amide bonds. The predicted molar refractivity (Wildman–Crippen MR) is 82.6 cm³/mol. The van der Waals surface area contributed by atoms with Crippen molar-refractivity contribution >= 4 is 0 Å². The summed E-state index contributed by atoms with van der Waals surface area (Å²) in [7, 11) is 0. The molecule has 1 aliphatic carbocycles. The zero-order valence-corrected chi connectivity index (χ0v) is 12.4. The van der Waals surface area contributed by atoms with Crippen LogP contribution in [0.1, 0.15) is 50.5 Å². The van der Waals surface area contributed by atoms with E-state index in [9.17, 15) is 5.11 Å². The highest BCUT2D eigenvalue weighted by Crippen LogP contribution is 2.41. The van der Waals surface area contributed by atoms with Crippen LogP contribution in [0.5, 0.6) is 0 Å². The van der Waals surface area contributed by atoms with E-state index in [2.05, 4.69) is 29.2 Å². The van der Waals surface area contributed by atoms with E-state index in [4.69, 9.17) is 0 Å². The van der Waals surface area contributed by atoms with E-state index in [1.165, 1.54) is 45.2 Å². The number of nitrogens with zero attached hydrogens (tertiary/aromatic N) is 1. The molecular weight excluding hydrogens is 246 g/mol. The first-order valence-corrected chi connectivity index (χ1v) is 8.29. The Balaban J connectivity index is 1.82. The molecule has 20 heavy (non-hydrogen) atoms. The lowest BCUT2D eigenvalue weighted by atomic mass is 9.77. The zero-order chi connectivity index (χ0) is 13.8. The normalized spacial score (nSPS) is 32.1. The van der Waals surface area contributed by atoms with E-state index in [0.29, 0.717) is 5.92 Å².